The Balaban J connectivity index is 1.80. The van der Waals surface area contributed by atoms with E-state index in [0.717, 1.165) is 25.3 Å². The van der Waals surface area contributed by atoms with Crippen molar-refractivity contribution in [3.8, 4) is 0 Å². The number of aliphatic carboxylic acids is 1. The van der Waals surface area contributed by atoms with Crippen molar-refractivity contribution in [2.75, 3.05) is 31.9 Å². The largest absolute Gasteiger partial charge is 0.481 e. The molecule has 0 aromatic rings. The van der Waals surface area contributed by atoms with Crippen molar-refractivity contribution in [3.63, 3.8) is 0 Å². The van der Waals surface area contributed by atoms with Crippen molar-refractivity contribution < 1.29 is 14.7 Å². The standard InChI is InChI=1S/C13H22N2O3S/c1-13(2)3-4-14(5-6-19-13)12(18)15-8-10(9-15)7-11(16)17/h10H,3-9H2,1-2H3,(H,16,17). The van der Waals surface area contributed by atoms with E-state index in [0.29, 0.717) is 13.1 Å². The van der Waals surface area contributed by atoms with Gasteiger partial charge in [-0.25, -0.2) is 4.79 Å². The fourth-order valence-electron chi connectivity index (χ4n) is 2.51. The van der Waals surface area contributed by atoms with Gasteiger partial charge in [-0.05, 0) is 6.42 Å². The molecule has 108 valence electrons. The molecule has 2 aliphatic heterocycles. The number of amides is 2. The first kappa shape index (κ1) is 14.5. The predicted octanol–water partition coefficient (Wildman–Crippen LogP) is 1.73. The van der Waals surface area contributed by atoms with Gasteiger partial charge in [-0.2, -0.15) is 11.8 Å². The molecule has 0 aromatic heterocycles. The monoisotopic (exact) mass is 286 g/mol. The maximum Gasteiger partial charge on any atom is 0.320 e. The number of rotatable bonds is 2. The molecule has 2 aliphatic rings. The van der Waals surface area contributed by atoms with E-state index < -0.39 is 5.97 Å². The Hall–Kier alpha value is -0.910. The van der Waals surface area contributed by atoms with Crippen molar-refractivity contribution in [1.82, 2.24) is 9.80 Å². The first-order chi connectivity index (χ1) is 8.87. The second-order valence-electron chi connectivity index (χ2n) is 6.00. The summed E-state index contributed by atoms with van der Waals surface area (Å²) < 4.78 is 0.246. The molecule has 0 aromatic carbocycles. The summed E-state index contributed by atoms with van der Waals surface area (Å²) in [6, 6.07) is 0.0833. The van der Waals surface area contributed by atoms with Crippen molar-refractivity contribution in [2.24, 2.45) is 5.92 Å². The number of carboxylic acids is 1. The second-order valence-corrected chi connectivity index (χ2v) is 7.80. The van der Waals surface area contributed by atoms with Crippen LogP contribution in [0.3, 0.4) is 0 Å². The Labute approximate surface area is 118 Å². The average molecular weight is 286 g/mol. The van der Waals surface area contributed by atoms with E-state index in [2.05, 4.69) is 13.8 Å². The number of likely N-dealkylation sites (tertiary alicyclic amines) is 1. The number of carbonyl (C=O) groups is 2. The summed E-state index contributed by atoms with van der Waals surface area (Å²) in [6.07, 6.45) is 1.18. The first-order valence-electron chi connectivity index (χ1n) is 6.77. The van der Waals surface area contributed by atoms with Gasteiger partial charge in [0.1, 0.15) is 0 Å². The van der Waals surface area contributed by atoms with Crippen LogP contribution in [0.25, 0.3) is 0 Å². The zero-order chi connectivity index (χ0) is 14.0. The Morgan fingerprint density at radius 1 is 1.26 bits per heavy atom. The van der Waals surface area contributed by atoms with Gasteiger partial charge in [0.25, 0.3) is 0 Å². The minimum absolute atomic E-state index is 0.0833. The van der Waals surface area contributed by atoms with E-state index in [4.69, 9.17) is 5.11 Å². The van der Waals surface area contributed by atoms with Crippen LogP contribution in [0, 0.1) is 5.92 Å². The molecule has 1 N–H and O–H groups in total. The zero-order valence-electron chi connectivity index (χ0n) is 11.6. The number of thioether (sulfide) groups is 1. The van der Waals surface area contributed by atoms with Gasteiger partial charge in [0.2, 0.25) is 0 Å². The Kier molecular flexibility index (Phi) is 4.28. The topological polar surface area (TPSA) is 60.9 Å². The van der Waals surface area contributed by atoms with E-state index in [1.54, 1.807) is 4.90 Å². The highest BCUT2D eigenvalue weighted by Gasteiger charge is 2.35. The van der Waals surface area contributed by atoms with Crippen LogP contribution < -0.4 is 0 Å². The molecule has 2 saturated heterocycles. The maximum atomic E-state index is 12.3. The van der Waals surface area contributed by atoms with Crippen LogP contribution in [0.15, 0.2) is 0 Å². The molecule has 5 nitrogen and oxygen atoms in total. The molecule has 0 bridgehead atoms. The molecule has 0 atom stereocenters. The third-order valence-electron chi connectivity index (χ3n) is 3.80. The van der Waals surface area contributed by atoms with E-state index in [-0.39, 0.29) is 23.1 Å². The summed E-state index contributed by atoms with van der Waals surface area (Å²) in [4.78, 5) is 26.5. The minimum Gasteiger partial charge on any atom is -0.481 e. The molecule has 0 aliphatic carbocycles. The van der Waals surface area contributed by atoms with Gasteiger partial charge in [0.05, 0.1) is 6.42 Å². The summed E-state index contributed by atoms with van der Waals surface area (Å²) in [7, 11) is 0. The lowest BCUT2D eigenvalue weighted by molar-refractivity contribution is -0.139. The molecule has 6 heteroatoms. The van der Waals surface area contributed by atoms with E-state index in [1.807, 2.05) is 16.7 Å². The maximum absolute atomic E-state index is 12.3. The lowest BCUT2D eigenvalue weighted by Crippen LogP contribution is -2.55. The summed E-state index contributed by atoms with van der Waals surface area (Å²) in [5.74, 6) is 0.342. The van der Waals surface area contributed by atoms with Crippen LogP contribution in [0.1, 0.15) is 26.7 Å². The molecule has 0 saturated carbocycles. The highest BCUT2D eigenvalue weighted by atomic mass is 32.2. The molecule has 2 amide bonds. The molecule has 2 rings (SSSR count). The first-order valence-corrected chi connectivity index (χ1v) is 7.75. The highest BCUT2D eigenvalue weighted by molar-refractivity contribution is 8.00. The summed E-state index contributed by atoms with van der Waals surface area (Å²) in [6.45, 7) is 7.23. The van der Waals surface area contributed by atoms with Gasteiger partial charge in [0, 0.05) is 42.6 Å². The van der Waals surface area contributed by atoms with Crippen molar-refractivity contribution in [2.45, 2.75) is 31.4 Å². The Morgan fingerprint density at radius 2 is 1.95 bits per heavy atom. The third-order valence-corrected chi connectivity index (χ3v) is 5.17. The third kappa shape index (κ3) is 3.78. The number of carboxylic acid groups (broad SMARTS) is 1. The van der Waals surface area contributed by atoms with Crippen LogP contribution >= 0.6 is 11.8 Å². The summed E-state index contributed by atoms with van der Waals surface area (Å²) in [5.41, 5.74) is 0. The van der Waals surface area contributed by atoms with Gasteiger partial charge in [-0.1, -0.05) is 13.8 Å². The van der Waals surface area contributed by atoms with Gasteiger partial charge in [-0.3, -0.25) is 4.79 Å². The molecule has 0 radical (unpaired) electrons. The molecule has 0 spiro atoms. The molecule has 2 fully saturated rings. The van der Waals surface area contributed by atoms with Gasteiger partial charge >= 0.3 is 12.0 Å². The number of hydrogen-bond donors (Lipinski definition) is 1. The van der Waals surface area contributed by atoms with E-state index in [9.17, 15) is 9.59 Å². The van der Waals surface area contributed by atoms with E-state index >= 15 is 0 Å². The lowest BCUT2D eigenvalue weighted by Gasteiger charge is -2.41. The molecular formula is C13H22N2O3S. The van der Waals surface area contributed by atoms with Crippen LogP contribution in [-0.2, 0) is 4.79 Å². The fraction of sp³-hybridized carbons (Fsp3) is 0.846. The van der Waals surface area contributed by atoms with Crippen molar-refractivity contribution >= 4 is 23.8 Å². The Bertz CT molecular complexity index is 367. The molecule has 0 unspecified atom stereocenters. The van der Waals surface area contributed by atoms with Crippen LogP contribution in [0.2, 0.25) is 0 Å². The van der Waals surface area contributed by atoms with Crippen molar-refractivity contribution in [1.29, 1.82) is 0 Å². The van der Waals surface area contributed by atoms with Crippen LogP contribution in [-0.4, -0.2) is 63.6 Å². The number of carbonyl (C=O) groups excluding carboxylic acids is 1. The second kappa shape index (κ2) is 5.61. The number of hydrogen-bond acceptors (Lipinski definition) is 3. The summed E-state index contributed by atoms with van der Waals surface area (Å²) in [5, 5.41) is 8.70. The van der Waals surface area contributed by atoms with Gasteiger partial charge in [0.15, 0.2) is 0 Å². The molecule has 2 heterocycles. The minimum atomic E-state index is -0.773. The fourth-order valence-corrected chi connectivity index (χ4v) is 3.61. The van der Waals surface area contributed by atoms with Crippen molar-refractivity contribution in [3.05, 3.63) is 0 Å². The number of nitrogens with zero attached hydrogens (tertiary/aromatic N) is 2. The SMILES string of the molecule is CC1(C)CCN(C(=O)N2CC(CC(=O)O)C2)CCS1. The average Bonchev–Trinajstić information content (AvgIpc) is 2.43. The smallest absolute Gasteiger partial charge is 0.320 e. The predicted molar refractivity (Wildman–Crippen MR) is 75.4 cm³/mol. The lowest BCUT2D eigenvalue weighted by atomic mass is 9.97. The summed E-state index contributed by atoms with van der Waals surface area (Å²) >= 11 is 1.92. The van der Waals surface area contributed by atoms with E-state index in [1.165, 1.54) is 0 Å². The Morgan fingerprint density at radius 3 is 2.58 bits per heavy atom. The highest BCUT2D eigenvalue weighted by Crippen LogP contribution is 2.31. The van der Waals surface area contributed by atoms with Gasteiger partial charge < -0.3 is 14.9 Å². The molecular weight excluding hydrogens is 264 g/mol. The normalized spacial score (nSPS) is 23.7. The van der Waals surface area contributed by atoms with Gasteiger partial charge in [-0.15, -0.1) is 0 Å². The molecule has 19 heavy (non-hydrogen) atoms. The number of urea groups is 1. The zero-order valence-corrected chi connectivity index (χ0v) is 12.4. The quantitative estimate of drug-likeness (QED) is 0.840. The van der Waals surface area contributed by atoms with Crippen LogP contribution in [0.5, 0.6) is 0 Å². The van der Waals surface area contributed by atoms with Crippen LogP contribution in [0.4, 0.5) is 4.79 Å².